The summed E-state index contributed by atoms with van der Waals surface area (Å²) < 4.78 is 12.4. The largest absolute Gasteiger partial charge is 0.462 e. The lowest BCUT2D eigenvalue weighted by Gasteiger charge is -2.31. The Morgan fingerprint density at radius 1 is 1.17 bits per heavy atom. The molecule has 4 heterocycles. The number of aromatic amines is 2. The number of carbonyl (C=O) groups is 1. The average molecular weight is 496 g/mol. The Morgan fingerprint density at radius 3 is 2.64 bits per heavy atom. The molecule has 9 heteroatoms. The molecule has 0 atom stereocenters. The Morgan fingerprint density at radius 2 is 1.92 bits per heavy atom. The van der Waals surface area contributed by atoms with Gasteiger partial charge >= 0.3 is 5.97 Å². The minimum absolute atomic E-state index is 0.0148. The Bertz CT molecular complexity index is 1200. The number of aromatic nitrogens is 4. The van der Waals surface area contributed by atoms with Crippen molar-refractivity contribution in [2.24, 2.45) is 5.92 Å². The fourth-order valence-corrected chi connectivity index (χ4v) is 5.51. The Kier molecular flexibility index (Phi) is 7.57. The second-order valence-electron chi connectivity index (χ2n) is 10.4. The van der Waals surface area contributed by atoms with Gasteiger partial charge in [0.15, 0.2) is 0 Å². The summed E-state index contributed by atoms with van der Waals surface area (Å²) >= 11 is 0. The van der Waals surface area contributed by atoms with Crippen LogP contribution in [-0.2, 0) is 20.7 Å². The molecule has 2 N–H and O–H groups in total. The van der Waals surface area contributed by atoms with Gasteiger partial charge in [-0.3, -0.25) is 19.6 Å². The molecule has 2 aliphatic heterocycles. The predicted octanol–water partition coefficient (Wildman–Crippen LogP) is 3.53. The highest BCUT2D eigenvalue weighted by atomic mass is 16.5. The van der Waals surface area contributed by atoms with Crippen molar-refractivity contribution in [2.45, 2.75) is 64.4 Å². The molecular formula is C27H37N5O4. The molecule has 36 heavy (non-hydrogen) atoms. The van der Waals surface area contributed by atoms with Crippen molar-refractivity contribution in [1.82, 2.24) is 24.6 Å². The number of piperidine rings is 1. The summed E-state index contributed by atoms with van der Waals surface area (Å²) in [6.07, 6.45) is 5.53. The van der Waals surface area contributed by atoms with E-state index in [1.807, 2.05) is 38.1 Å². The van der Waals surface area contributed by atoms with Gasteiger partial charge in [0.05, 0.1) is 23.7 Å². The Hall–Kier alpha value is -2.91. The zero-order valence-corrected chi connectivity index (χ0v) is 21.3. The third-order valence-electron chi connectivity index (χ3n) is 7.47. The lowest BCUT2D eigenvalue weighted by atomic mass is 9.88. The summed E-state index contributed by atoms with van der Waals surface area (Å²) in [5, 5.41) is 3.44. The van der Waals surface area contributed by atoms with E-state index >= 15 is 0 Å². The number of ether oxygens (including phenoxy) is 2. The van der Waals surface area contributed by atoms with Gasteiger partial charge < -0.3 is 14.5 Å². The fourth-order valence-electron chi connectivity index (χ4n) is 5.51. The van der Waals surface area contributed by atoms with E-state index in [0.717, 1.165) is 87.1 Å². The van der Waals surface area contributed by atoms with Gasteiger partial charge in [0.25, 0.3) is 5.56 Å². The van der Waals surface area contributed by atoms with Crippen LogP contribution in [0.4, 0.5) is 0 Å². The molecule has 0 spiro atoms. The molecule has 0 aliphatic carbocycles. The number of para-hydroxylation sites is 2. The van der Waals surface area contributed by atoms with Crippen molar-refractivity contribution in [3.8, 4) is 5.95 Å². The number of imidazole rings is 1. The monoisotopic (exact) mass is 495 g/mol. The van der Waals surface area contributed by atoms with Gasteiger partial charge in [-0.1, -0.05) is 12.1 Å². The van der Waals surface area contributed by atoms with Crippen LogP contribution in [0, 0.1) is 5.92 Å². The van der Waals surface area contributed by atoms with Crippen LogP contribution >= 0.6 is 0 Å². The van der Waals surface area contributed by atoms with Crippen molar-refractivity contribution in [3.63, 3.8) is 0 Å². The molecule has 0 radical (unpaired) electrons. The molecule has 3 aromatic rings. The molecule has 9 nitrogen and oxygen atoms in total. The first kappa shape index (κ1) is 24.8. The van der Waals surface area contributed by atoms with Crippen molar-refractivity contribution >= 4 is 17.0 Å². The number of nitrogens with zero attached hydrogens (tertiary/aromatic N) is 3. The van der Waals surface area contributed by atoms with Gasteiger partial charge in [0, 0.05) is 30.4 Å². The van der Waals surface area contributed by atoms with Crippen molar-refractivity contribution < 1.29 is 14.3 Å². The molecule has 0 bridgehead atoms. The molecule has 0 saturated carbocycles. The average Bonchev–Trinajstić information content (AvgIpc) is 3.44. The van der Waals surface area contributed by atoms with E-state index in [-0.39, 0.29) is 23.6 Å². The summed E-state index contributed by atoms with van der Waals surface area (Å²) in [4.78, 5) is 35.9. The van der Waals surface area contributed by atoms with Crippen LogP contribution < -0.4 is 5.56 Å². The van der Waals surface area contributed by atoms with E-state index < -0.39 is 0 Å². The van der Waals surface area contributed by atoms with Crippen LogP contribution in [0.3, 0.4) is 0 Å². The number of H-pyrrole nitrogens is 2. The van der Waals surface area contributed by atoms with Gasteiger partial charge in [-0.05, 0) is 83.5 Å². The quantitative estimate of drug-likeness (QED) is 0.463. The Labute approximate surface area is 211 Å². The van der Waals surface area contributed by atoms with Gasteiger partial charge in [0.2, 0.25) is 5.95 Å². The first-order valence-corrected chi connectivity index (χ1v) is 13.3. The SMILES string of the molecule is CC(C)OC(=O)CN1CCC(c2[nH]n(-c3nc4ccccc4[nH]3)c(=O)c2CCC2CCOCC2)CC1. The van der Waals surface area contributed by atoms with Crippen LogP contribution in [0.1, 0.15) is 63.1 Å². The number of fused-ring (bicyclic) bond motifs is 1. The van der Waals surface area contributed by atoms with E-state index in [4.69, 9.17) is 9.47 Å². The van der Waals surface area contributed by atoms with Crippen molar-refractivity contribution in [1.29, 1.82) is 0 Å². The number of hydrogen-bond donors (Lipinski definition) is 2. The summed E-state index contributed by atoms with van der Waals surface area (Å²) in [6.45, 7) is 7.28. The van der Waals surface area contributed by atoms with E-state index in [2.05, 4.69) is 20.0 Å². The number of likely N-dealkylation sites (tertiary alicyclic amines) is 1. The molecule has 2 aromatic heterocycles. The first-order valence-electron chi connectivity index (χ1n) is 13.3. The maximum Gasteiger partial charge on any atom is 0.320 e. The normalized spacial score (nSPS) is 18.3. The second kappa shape index (κ2) is 11.0. The zero-order chi connectivity index (χ0) is 25.1. The lowest BCUT2D eigenvalue weighted by molar-refractivity contribution is -0.148. The molecular weight excluding hydrogens is 458 g/mol. The molecule has 2 saturated heterocycles. The number of rotatable bonds is 8. The van der Waals surface area contributed by atoms with Crippen LogP contribution in [0.25, 0.3) is 17.0 Å². The van der Waals surface area contributed by atoms with Crippen LogP contribution in [-0.4, -0.2) is 69.6 Å². The molecule has 0 amide bonds. The van der Waals surface area contributed by atoms with Gasteiger partial charge in [-0.25, -0.2) is 4.98 Å². The summed E-state index contributed by atoms with van der Waals surface area (Å²) in [7, 11) is 0. The highest BCUT2D eigenvalue weighted by molar-refractivity contribution is 5.76. The minimum atomic E-state index is -0.176. The minimum Gasteiger partial charge on any atom is -0.462 e. The van der Waals surface area contributed by atoms with E-state index in [1.54, 1.807) is 4.68 Å². The van der Waals surface area contributed by atoms with E-state index in [1.165, 1.54) is 0 Å². The number of hydrogen-bond acceptors (Lipinski definition) is 6. The fraction of sp³-hybridized carbons (Fsp3) is 0.593. The third-order valence-corrected chi connectivity index (χ3v) is 7.47. The molecule has 5 rings (SSSR count). The standard InChI is InChI=1S/C27H37N5O4/c1-18(2)36-24(33)17-31-13-9-20(10-14-31)25-21(8-7-19-11-15-35-16-12-19)26(34)32(30-25)27-28-22-5-3-4-6-23(22)29-27/h3-6,18-20,30H,7-17H2,1-2H3,(H,28,29). The maximum atomic E-state index is 13.7. The van der Waals surface area contributed by atoms with Gasteiger partial charge in [0.1, 0.15) is 0 Å². The molecule has 1 aromatic carbocycles. The van der Waals surface area contributed by atoms with Crippen LogP contribution in [0.15, 0.2) is 29.1 Å². The number of nitrogens with one attached hydrogen (secondary N) is 2. The lowest BCUT2D eigenvalue weighted by Crippen LogP contribution is -2.38. The summed E-state index contributed by atoms with van der Waals surface area (Å²) in [6, 6.07) is 7.81. The van der Waals surface area contributed by atoms with Crippen molar-refractivity contribution in [2.75, 3.05) is 32.8 Å². The molecule has 2 aliphatic rings. The number of carbonyl (C=O) groups excluding carboxylic acids is 1. The van der Waals surface area contributed by atoms with Gasteiger partial charge in [-0.2, -0.15) is 4.68 Å². The predicted molar refractivity (Wildman–Crippen MR) is 138 cm³/mol. The molecule has 0 unspecified atom stereocenters. The smallest absolute Gasteiger partial charge is 0.320 e. The summed E-state index contributed by atoms with van der Waals surface area (Å²) in [5.41, 5.74) is 3.62. The second-order valence-corrected chi connectivity index (χ2v) is 10.4. The van der Waals surface area contributed by atoms with E-state index in [9.17, 15) is 9.59 Å². The van der Waals surface area contributed by atoms with Crippen LogP contribution in [0.5, 0.6) is 0 Å². The zero-order valence-electron chi connectivity index (χ0n) is 21.3. The Balaban J connectivity index is 1.36. The van der Waals surface area contributed by atoms with E-state index in [0.29, 0.717) is 18.4 Å². The van der Waals surface area contributed by atoms with Crippen LogP contribution in [0.2, 0.25) is 0 Å². The first-order chi connectivity index (χ1) is 17.5. The highest BCUT2D eigenvalue weighted by Crippen LogP contribution is 2.30. The molecule has 194 valence electrons. The number of esters is 1. The number of benzene rings is 1. The summed E-state index contributed by atoms with van der Waals surface area (Å²) in [5.74, 6) is 1.18. The molecule has 2 fully saturated rings. The van der Waals surface area contributed by atoms with Crippen molar-refractivity contribution in [3.05, 3.63) is 45.9 Å². The topological polar surface area (TPSA) is 105 Å². The maximum absolute atomic E-state index is 13.7. The van der Waals surface area contributed by atoms with Gasteiger partial charge in [-0.15, -0.1) is 0 Å². The third kappa shape index (κ3) is 5.57. The highest BCUT2D eigenvalue weighted by Gasteiger charge is 2.29.